The number of hydrogen-bond acceptors (Lipinski definition) is 5. The van der Waals surface area contributed by atoms with Gasteiger partial charge in [0.15, 0.2) is 0 Å². The molecule has 3 rings (SSSR count). The van der Waals surface area contributed by atoms with Gasteiger partial charge in [0.25, 0.3) is 5.92 Å². The minimum absolute atomic E-state index is 0. The average molecular weight is 354 g/mol. The minimum atomic E-state index is -3.21. The summed E-state index contributed by atoms with van der Waals surface area (Å²) in [4.78, 5) is 37.1. The number of fused-ring (bicyclic) bond motifs is 5. The molecule has 3 amide bonds. The second-order valence-corrected chi connectivity index (χ2v) is 5.94. The van der Waals surface area contributed by atoms with E-state index >= 15 is 0 Å². The summed E-state index contributed by atoms with van der Waals surface area (Å²) in [5.41, 5.74) is 4.87. The van der Waals surface area contributed by atoms with Gasteiger partial charge in [-0.15, -0.1) is 12.4 Å². The van der Waals surface area contributed by atoms with Crippen molar-refractivity contribution in [2.24, 2.45) is 17.6 Å². The maximum absolute atomic E-state index is 13.0. The van der Waals surface area contributed by atoms with E-state index < -0.39 is 55.1 Å². The van der Waals surface area contributed by atoms with Crippen LogP contribution < -0.4 is 11.1 Å². The van der Waals surface area contributed by atoms with Crippen LogP contribution in [0.1, 0.15) is 12.8 Å². The number of nitrogens with zero attached hydrogens (tertiary/aromatic N) is 1. The molecule has 0 aromatic carbocycles. The van der Waals surface area contributed by atoms with E-state index in [4.69, 9.17) is 10.5 Å². The molecule has 3 N–H and O–H groups in total. The molecule has 4 unspecified atom stereocenters. The number of rotatable bonds is 5. The van der Waals surface area contributed by atoms with Gasteiger partial charge in [-0.3, -0.25) is 19.3 Å². The van der Waals surface area contributed by atoms with E-state index in [9.17, 15) is 23.2 Å². The number of likely N-dealkylation sites (tertiary alicyclic amines) is 1. The highest BCUT2D eigenvalue weighted by atomic mass is 35.5. The Hall–Kier alpha value is -1.32. The third-order valence-electron chi connectivity index (χ3n) is 4.52. The summed E-state index contributed by atoms with van der Waals surface area (Å²) in [5.74, 6) is -5.94. The highest BCUT2D eigenvalue weighted by Crippen LogP contribution is 2.48. The number of nitrogens with two attached hydrogens (primary N) is 1. The molecule has 3 aliphatic rings. The molecule has 4 atom stereocenters. The Bertz CT molecular complexity index is 505. The maximum Gasteiger partial charge on any atom is 0.277 e. The topological polar surface area (TPSA) is 102 Å². The Kier molecular flexibility index (Phi) is 4.93. The van der Waals surface area contributed by atoms with Gasteiger partial charge in [0.05, 0.1) is 37.1 Å². The lowest BCUT2D eigenvalue weighted by Crippen LogP contribution is -2.47. The van der Waals surface area contributed by atoms with Crippen LogP contribution in [0.3, 0.4) is 0 Å². The van der Waals surface area contributed by atoms with Gasteiger partial charge in [-0.2, -0.15) is 0 Å². The lowest BCUT2D eigenvalue weighted by molar-refractivity contribution is -0.146. The zero-order valence-corrected chi connectivity index (χ0v) is 13.0. The summed E-state index contributed by atoms with van der Waals surface area (Å²) in [6.45, 7) is -2.34. The molecule has 0 saturated carbocycles. The predicted molar refractivity (Wildman–Crippen MR) is 75.9 cm³/mol. The van der Waals surface area contributed by atoms with Gasteiger partial charge < -0.3 is 15.8 Å². The first-order valence-electron chi connectivity index (χ1n) is 7.19. The van der Waals surface area contributed by atoms with Crippen LogP contribution in [-0.2, 0) is 19.1 Å². The van der Waals surface area contributed by atoms with Gasteiger partial charge in [-0.25, -0.2) is 8.78 Å². The lowest BCUT2D eigenvalue weighted by atomic mass is 9.81. The van der Waals surface area contributed by atoms with Gasteiger partial charge in [0.2, 0.25) is 17.7 Å². The summed E-state index contributed by atoms with van der Waals surface area (Å²) in [7, 11) is 0. The van der Waals surface area contributed by atoms with Crippen molar-refractivity contribution in [1.82, 2.24) is 10.2 Å². The highest BCUT2D eigenvalue weighted by Gasteiger charge is 2.62. The van der Waals surface area contributed by atoms with Crippen LogP contribution in [-0.4, -0.2) is 60.4 Å². The SMILES string of the molecule is Cl.NCC(F)(F)CNC(=O)CN1C(=O)C2C3CCC(O3)C2C1=O. The third-order valence-corrected chi connectivity index (χ3v) is 4.52. The number of carbonyl (C=O) groups excluding carboxylic acids is 3. The van der Waals surface area contributed by atoms with Crippen molar-refractivity contribution in [3.63, 3.8) is 0 Å². The van der Waals surface area contributed by atoms with Gasteiger partial charge in [-0.05, 0) is 12.8 Å². The van der Waals surface area contributed by atoms with E-state index in [2.05, 4.69) is 0 Å². The Morgan fingerprint density at radius 3 is 2.26 bits per heavy atom. The van der Waals surface area contributed by atoms with Crippen molar-refractivity contribution >= 4 is 30.1 Å². The fraction of sp³-hybridized carbons (Fsp3) is 0.769. The number of carbonyl (C=O) groups is 3. The number of imide groups is 1. The maximum atomic E-state index is 13.0. The number of nitrogens with one attached hydrogen (secondary N) is 1. The highest BCUT2D eigenvalue weighted by molar-refractivity contribution is 6.08. The van der Waals surface area contributed by atoms with E-state index in [1.807, 2.05) is 5.32 Å². The summed E-state index contributed by atoms with van der Waals surface area (Å²) in [6, 6.07) is 0. The van der Waals surface area contributed by atoms with E-state index in [0.717, 1.165) is 17.7 Å². The molecule has 7 nitrogen and oxygen atoms in total. The zero-order valence-electron chi connectivity index (χ0n) is 12.2. The second-order valence-electron chi connectivity index (χ2n) is 5.94. The Morgan fingerprint density at radius 1 is 1.26 bits per heavy atom. The summed E-state index contributed by atoms with van der Waals surface area (Å²) in [6.07, 6.45) is 0.934. The molecule has 23 heavy (non-hydrogen) atoms. The molecular formula is C13H18ClF2N3O4. The van der Waals surface area contributed by atoms with E-state index in [1.165, 1.54) is 0 Å². The summed E-state index contributed by atoms with van der Waals surface area (Å²) < 4.78 is 31.5. The monoisotopic (exact) mass is 353 g/mol. The molecule has 10 heteroatoms. The molecule has 0 aromatic heterocycles. The molecule has 3 fully saturated rings. The molecule has 0 spiro atoms. The van der Waals surface area contributed by atoms with Crippen molar-refractivity contribution in [3.05, 3.63) is 0 Å². The summed E-state index contributed by atoms with van der Waals surface area (Å²) >= 11 is 0. The Labute approximate surface area is 137 Å². The minimum Gasteiger partial charge on any atom is -0.373 e. The normalized spacial score (nSPS) is 32.0. The second kappa shape index (κ2) is 6.29. The van der Waals surface area contributed by atoms with Gasteiger partial charge in [0.1, 0.15) is 6.54 Å². The van der Waals surface area contributed by atoms with Gasteiger partial charge in [0, 0.05) is 0 Å². The number of hydrogen-bond donors (Lipinski definition) is 2. The molecule has 0 aliphatic carbocycles. The fourth-order valence-corrected chi connectivity index (χ4v) is 3.43. The van der Waals surface area contributed by atoms with Crippen LogP contribution in [0.2, 0.25) is 0 Å². The first-order chi connectivity index (χ1) is 10.3. The van der Waals surface area contributed by atoms with E-state index in [0.29, 0.717) is 0 Å². The van der Waals surface area contributed by atoms with Crippen LogP contribution in [0.25, 0.3) is 0 Å². The Morgan fingerprint density at radius 2 is 1.78 bits per heavy atom. The van der Waals surface area contributed by atoms with Crippen LogP contribution >= 0.6 is 12.4 Å². The number of halogens is 3. The smallest absolute Gasteiger partial charge is 0.277 e. The third kappa shape index (κ3) is 3.05. The zero-order chi connectivity index (χ0) is 16.1. The quantitative estimate of drug-likeness (QED) is 0.635. The largest absolute Gasteiger partial charge is 0.373 e. The van der Waals surface area contributed by atoms with Crippen molar-refractivity contribution in [2.75, 3.05) is 19.6 Å². The summed E-state index contributed by atoms with van der Waals surface area (Å²) in [5, 5.41) is 2.00. The predicted octanol–water partition coefficient (Wildman–Crippen LogP) is -0.719. The molecule has 3 heterocycles. The molecule has 0 aromatic rings. The van der Waals surface area contributed by atoms with Crippen molar-refractivity contribution < 1.29 is 27.9 Å². The van der Waals surface area contributed by atoms with E-state index in [1.54, 1.807) is 0 Å². The first kappa shape index (κ1) is 18.0. The molecule has 0 radical (unpaired) electrons. The molecule has 2 bridgehead atoms. The number of amides is 3. The van der Waals surface area contributed by atoms with E-state index in [-0.39, 0.29) is 24.6 Å². The average Bonchev–Trinajstić information content (AvgIpc) is 3.15. The van der Waals surface area contributed by atoms with Gasteiger partial charge >= 0.3 is 0 Å². The molecule has 3 aliphatic heterocycles. The molecular weight excluding hydrogens is 336 g/mol. The van der Waals surface area contributed by atoms with Crippen molar-refractivity contribution in [2.45, 2.75) is 31.0 Å². The molecule has 3 saturated heterocycles. The van der Waals surface area contributed by atoms with Crippen LogP contribution in [0.15, 0.2) is 0 Å². The first-order valence-corrected chi connectivity index (χ1v) is 7.19. The standard InChI is InChI=1S/C13H17F2N3O4.ClH/c14-13(15,4-16)5-17-8(19)3-18-11(20)9-6-1-2-7(22-6)10(9)12(18)21;/h6-7,9-10H,1-5,16H2,(H,17,19);1H. The van der Waals surface area contributed by atoms with Crippen molar-refractivity contribution in [1.29, 1.82) is 0 Å². The molecule has 130 valence electrons. The number of ether oxygens (including phenoxy) is 1. The van der Waals surface area contributed by atoms with Crippen LogP contribution in [0, 0.1) is 11.8 Å². The fourth-order valence-electron chi connectivity index (χ4n) is 3.43. The lowest BCUT2D eigenvalue weighted by Gasteiger charge is -2.18. The van der Waals surface area contributed by atoms with Gasteiger partial charge in [-0.1, -0.05) is 0 Å². The Balaban J connectivity index is 0.00000192. The van der Waals surface area contributed by atoms with Crippen molar-refractivity contribution in [3.8, 4) is 0 Å². The number of alkyl halides is 2. The van der Waals surface area contributed by atoms with Crippen LogP contribution in [0.5, 0.6) is 0 Å². The van der Waals surface area contributed by atoms with Crippen LogP contribution in [0.4, 0.5) is 8.78 Å².